The van der Waals surface area contributed by atoms with Crippen molar-refractivity contribution in [3.63, 3.8) is 0 Å². The van der Waals surface area contributed by atoms with Crippen LogP contribution in [0.1, 0.15) is 11.6 Å². The summed E-state index contributed by atoms with van der Waals surface area (Å²) in [6, 6.07) is 21.7. The fraction of sp³-hybridized carbons (Fsp3) is 0.130. The van der Waals surface area contributed by atoms with E-state index in [0.29, 0.717) is 10.9 Å². The summed E-state index contributed by atoms with van der Waals surface area (Å²) in [5.74, 6) is 1.33. The molecule has 0 saturated carbocycles. The minimum absolute atomic E-state index is 0.135. The third-order valence-electron chi connectivity index (χ3n) is 5.21. The Morgan fingerprint density at radius 1 is 1.07 bits per heavy atom. The molecule has 7 heteroatoms. The van der Waals surface area contributed by atoms with Crippen LogP contribution in [-0.4, -0.2) is 23.4 Å². The Balaban J connectivity index is 1.38. The minimum atomic E-state index is -0.598. The number of rotatable bonds is 5. The number of thiazole rings is 1. The average molecular weight is 436 g/mol. The van der Waals surface area contributed by atoms with Gasteiger partial charge in [0.2, 0.25) is 5.91 Å². The number of alkyl halides is 1. The topological polar surface area (TPSA) is 54.5 Å². The molecule has 1 saturated heterocycles. The molecule has 2 heterocycles. The van der Waals surface area contributed by atoms with Crippen LogP contribution in [0.3, 0.4) is 0 Å². The second-order valence-corrected chi connectivity index (χ2v) is 8.34. The summed E-state index contributed by atoms with van der Waals surface area (Å²) >= 11 is 7.77. The normalized spacial score (nSPS) is 18.3. The molecule has 1 N–H and O–H groups in total. The van der Waals surface area contributed by atoms with Crippen LogP contribution < -0.4 is 15.0 Å². The summed E-state index contributed by atoms with van der Waals surface area (Å²) in [5, 5.41) is 7.60. The Kier molecular flexibility index (Phi) is 4.81. The van der Waals surface area contributed by atoms with Gasteiger partial charge in [-0.15, -0.1) is 22.9 Å². The first-order valence-corrected chi connectivity index (χ1v) is 10.8. The van der Waals surface area contributed by atoms with Gasteiger partial charge in [0.15, 0.2) is 5.13 Å². The predicted octanol–water partition coefficient (Wildman–Crippen LogP) is 5.74. The number of hydrogen-bond acceptors (Lipinski definition) is 5. The summed E-state index contributed by atoms with van der Waals surface area (Å²) in [4.78, 5) is 18.8. The second-order valence-electron chi connectivity index (χ2n) is 7.03. The Hall–Kier alpha value is -3.09. The molecule has 0 spiro atoms. The number of benzene rings is 3. The molecule has 1 amide bonds. The zero-order chi connectivity index (χ0) is 20.7. The van der Waals surface area contributed by atoms with Gasteiger partial charge in [-0.25, -0.2) is 4.98 Å². The highest BCUT2D eigenvalue weighted by Crippen LogP contribution is 2.44. The average Bonchev–Trinajstić information content (AvgIpc) is 3.24. The maximum atomic E-state index is 12.5. The molecule has 4 aromatic rings. The molecule has 0 bridgehead atoms. The molecular weight excluding hydrogens is 418 g/mol. The maximum Gasteiger partial charge on any atom is 0.249 e. The van der Waals surface area contributed by atoms with Crippen molar-refractivity contribution < 1.29 is 9.53 Å². The molecule has 5 nitrogen and oxygen atoms in total. The van der Waals surface area contributed by atoms with Gasteiger partial charge >= 0.3 is 0 Å². The van der Waals surface area contributed by atoms with E-state index in [0.717, 1.165) is 22.4 Å². The number of nitrogens with one attached hydrogen (secondary N) is 1. The molecule has 1 aliphatic rings. The first-order valence-electron chi connectivity index (χ1n) is 9.46. The van der Waals surface area contributed by atoms with Crippen LogP contribution in [0.25, 0.3) is 10.8 Å². The summed E-state index contributed by atoms with van der Waals surface area (Å²) in [7, 11) is 1.62. The molecule has 30 heavy (non-hydrogen) atoms. The Bertz CT molecular complexity index is 1220. The molecule has 0 radical (unpaired) electrons. The molecule has 3 aromatic carbocycles. The highest BCUT2D eigenvalue weighted by Gasteiger charge is 2.49. The number of ether oxygens (including phenoxy) is 1. The first kappa shape index (κ1) is 18.9. The lowest BCUT2D eigenvalue weighted by Gasteiger charge is -2.42. The zero-order valence-corrected chi connectivity index (χ0v) is 17.7. The smallest absolute Gasteiger partial charge is 0.249 e. The number of nitrogens with zero attached hydrogens (tertiary/aromatic N) is 2. The lowest BCUT2D eigenvalue weighted by Crippen LogP contribution is -2.56. The van der Waals surface area contributed by atoms with Gasteiger partial charge in [-0.2, -0.15) is 0 Å². The first-order chi connectivity index (χ1) is 14.6. The standard InChI is InChI=1S/C23H18ClN3O2S/c1-29-18-10-7-15(8-11-18)21-20(24)22(28)27(21)23-26-19(13-30-23)25-17-9-6-14-4-2-3-5-16(14)12-17/h2-13,20-21,25H,1H3. The number of hydrogen-bond donors (Lipinski definition) is 1. The summed E-state index contributed by atoms with van der Waals surface area (Å²) < 4.78 is 5.21. The van der Waals surface area contributed by atoms with Crippen LogP contribution in [-0.2, 0) is 4.79 Å². The van der Waals surface area contributed by atoms with E-state index in [1.54, 1.807) is 12.0 Å². The molecular formula is C23H18ClN3O2S. The van der Waals surface area contributed by atoms with Gasteiger partial charge in [0, 0.05) is 11.1 Å². The molecule has 1 aliphatic heterocycles. The van der Waals surface area contributed by atoms with Gasteiger partial charge in [0.05, 0.1) is 13.2 Å². The maximum absolute atomic E-state index is 12.5. The van der Waals surface area contributed by atoms with Crippen molar-refractivity contribution in [2.75, 3.05) is 17.3 Å². The van der Waals surface area contributed by atoms with E-state index in [4.69, 9.17) is 16.3 Å². The summed E-state index contributed by atoms with van der Waals surface area (Å²) in [6.07, 6.45) is 0. The van der Waals surface area contributed by atoms with E-state index >= 15 is 0 Å². The Labute approximate surface area is 182 Å². The SMILES string of the molecule is COc1ccc(C2C(Cl)C(=O)N2c2nc(Nc3ccc4ccccc4c3)cs2)cc1. The highest BCUT2D eigenvalue weighted by molar-refractivity contribution is 7.14. The monoisotopic (exact) mass is 435 g/mol. The van der Waals surface area contributed by atoms with Gasteiger partial charge in [-0.05, 0) is 40.6 Å². The second kappa shape index (κ2) is 7.63. The number of β-lactam (4-membered cyclic amide) rings is 1. The lowest BCUT2D eigenvalue weighted by atomic mass is 9.94. The molecule has 2 unspecified atom stereocenters. The summed E-state index contributed by atoms with van der Waals surface area (Å²) in [6.45, 7) is 0. The fourth-order valence-electron chi connectivity index (χ4n) is 3.63. The van der Waals surface area contributed by atoms with Crippen LogP contribution in [0, 0.1) is 0 Å². The van der Waals surface area contributed by atoms with Gasteiger partial charge in [0.25, 0.3) is 0 Å². The van der Waals surface area contributed by atoms with Crippen LogP contribution in [0.15, 0.2) is 72.1 Å². The molecule has 2 atom stereocenters. The number of carbonyl (C=O) groups is 1. The Morgan fingerprint density at radius 3 is 2.60 bits per heavy atom. The van der Waals surface area contributed by atoms with Crippen molar-refractivity contribution in [1.82, 2.24) is 4.98 Å². The number of carbonyl (C=O) groups excluding carboxylic acids is 1. The van der Waals surface area contributed by atoms with E-state index in [1.165, 1.54) is 16.7 Å². The third kappa shape index (κ3) is 3.28. The zero-order valence-electron chi connectivity index (χ0n) is 16.1. The van der Waals surface area contributed by atoms with Crippen LogP contribution in [0.2, 0.25) is 0 Å². The number of halogens is 1. The number of amides is 1. The number of fused-ring (bicyclic) bond motifs is 1. The molecule has 1 aromatic heterocycles. The van der Waals surface area contributed by atoms with E-state index in [1.807, 2.05) is 47.8 Å². The van der Waals surface area contributed by atoms with E-state index < -0.39 is 5.38 Å². The van der Waals surface area contributed by atoms with Crippen molar-refractivity contribution in [3.8, 4) is 5.75 Å². The molecule has 5 rings (SSSR count). The lowest BCUT2D eigenvalue weighted by molar-refractivity contribution is -0.123. The van der Waals surface area contributed by atoms with Crippen molar-refractivity contribution >= 4 is 56.3 Å². The number of anilines is 3. The third-order valence-corrected chi connectivity index (χ3v) is 6.47. The molecule has 1 fully saturated rings. The van der Waals surface area contributed by atoms with E-state index in [-0.39, 0.29) is 11.9 Å². The van der Waals surface area contributed by atoms with Crippen LogP contribution >= 0.6 is 22.9 Å². The minimum Gasteiger partial charge on any atom is -0.497 e. The highest BCUT2D eigenvalue weighted by atomic mass is 35.5. The van der Waals surface area contributed by atoms with E-state index in [2.05, 4.69) is 34.6 Å². The van der Waals surface area contributed by atoms with Gasteiger partial charge < -0.3 is 10.1 Å². The van der Waals surface area contributed by atoms with Crippen LogP contribution in [0.5, 0.6) is 5.75 Å². The van der Waals surface area contributed by atoms with Gasteiger partial charge in [-0.3, -0.25) is 9.69 Å². The van der Waals surface area contributed by atoms with E-state index in [9.17, 15) is 4.79 Å². The van der Waals surface area contributed by atoms with Crippen molar-refractivity contribution in [3.05, 3.63) is 77.7 Å². The Morgan fingerprint density at radius 2 is 1.83 bits per heavy atom. The largest absolute Gasteiger partial charge is 0.497 e. The number of methoxy groups -OCH3 is 1. The fourth-order valence-corrected chi connectivity index (χ4v) is 4.79. The van der Waals surface area contributed by atoms with Crippen molar-refractivity contribution in [1.29, 1.82) is 0 Å². The number of aromatic nitrogens is 1. The van der Waals surface area contributed by atoms with Crippen molar-refractivity contribution in [2.24, 2.45) is 0 Å². The van der Waals surface area contributed by atoms with Gasteiger partial charge in [-0.1, -0.05) is 42.5 Å². The quantitative estimate of drug-likeness (QED) is 0.320. The van der Waals surface area contributed by atoms with Gasteiger partial charge in [0.1, 0.15) is 16.9 Å². The van der Waals surface area contributed by atoms with Crippen molar-refractivity contribution in [2.45, 2.75) is 11.4 Å². The summed E-state index contributed by atoms with van der Waals surface area (Å²) in [5.41, 5.74) is 1.90. The molecule has 150 valence electrons. The predicted molar refractivity (Wildman–Crippen MR) is 122 cm³/mol. The molecule has 0 aliphatic carbocycles. The van der Waals surface area contributed by atoms with Crippen LogP contribution in [0.4, 0.5) is 16.6 Å².